The topological polar surface area (TPSA) is 48.1 Å². The molecule has 0 amide bonds. The predicted molar refractivity (Wildman–Crippen MR) is 82.2 cm³/mol. The fraction of sp³-hybridized carbons (Fsp3) is 0.353. The first-order chi connectivity index (χ1) is 10.0. The molecule has 0 saturated carbocycles. The van der Waals surface area contributed by atoms with E-state index >= 15 is 4.39 Å². The molecule has 0 aliphatic rings. The van der Waals surface area contributed by atoms with Crippen LogP contribution in [0.5, 0.6) is 5.75 Å². The van der Waals surface area contributed by atoms with Gasteiger partial charge in [-0.2, -0.15) is 0 Å². The van der Waals surface area contributed by atoms with Gasteiger partial charge in [0.2, 0.25) is 0 Å². The second-order valence-electron chi connectivity index (χ2n) is 5.26. The van der Waals surface area contributed by atoms with E-state index in [0.717, 1.165) is 16.9 Å². The fourth-order valence-electron chi connectivity index (χ4n) is 2.54. The SMILES string of the molecule is COc1c(C)cnc(CC(F)(CN)c2ccccc2)c1C. The zero-order valence-corrected chi connectivity index (χ0v) is 12.7. The first kappa shape index (κ1) is 15.4. The Bertz CT molecular complexity index is 616. The summed E-state index contributed by atoms with van der Waals surface area (Å²) in [4.78, 5) is 4.37. The minimum absolute atomic E-state index is 0.0890. The molecule has 0 bridgehead atoms. The van der Waals surface area contributed by atoms with Crippen molar-refractivity contribution in [3.05, 3.63) is 58.9 Å². The van der Waals surface area contributed by atoms with E-state index < -0.39 is 5.67 Å². The third kappa shape index (κ3) is 3.05. The van der Waals surface area contributed by atoms with Crippen molar-refractivity contribution in [1.82, 2.24) is 4.98 Å². The Balaban J connectivity index is 2.40. The molecular weight excluding hydrogens is 267 g/mol. The van der Waals surface area contributed by atoms with Gasteiger partial charge in [0, 0.05) is 30.3 Å². The molecule has 112 valence electrons. The third-order valence-electron chi connectivity index (χ3n) is 3.81. The van der Waals surface area contributed by atoms with E-state index in [0.29, 0.717) is 11.3 Å². The molecule has 1 heterocycles. The number of nitrogens with two attached hydrogens (primary N) is 1. The molecule has 4 heteroatoms. The molecule has 0 radical (unpaired) electrons. The van der Waals surface area contributed by atoms with Gasteiger partial charge in [0.15, 0.2) is 5.67 Å². The number of pyridine rings is 1. The number of alkyl halides is 1. The Morgan fingerprint density at radius 2 is 1.90 bits per heavy atom. The Labute approximate surface area is 125 Å². The summed E-state index contributed by atoms with van der Waals surface area (Å²) < 4.78 is 20.6. The smallest absolute Gasteiger partial charge is 0.153 e. The maximum absolute atomic E-state index is 15.2. The monoisotopic (exact) mass is 288 g/mol. The number of aromatic nitrogens is 1. The predicted octanol–water partition coefficient (Wildman–Crippen LogP) is 3.07. The molecule has 2 aromatic rings. The van der Waals surface area contributed by atoms with Crippen LogP contribution in [0.15, 0.2) is 36.5 Å². The summed E-state index contributed by atoms with van der Waals surface area (Å²) in [6.07, 6.45) is 1.85. The van der Waals surface area contributed by atoms with E-state index in [1.165, 1.54) is 0 Å². The van der Waals surface area contributed by atoms with Crippen LogP contribution in [0.3, 0.4) is 0 Å². The zero-order chi connectivity index (χ0) is 15.5. The number of hydrogen-bond acceptors (Lipinski definition) is 3. The molecule has 1 aromatic heterocycles. The van der Waals surface area contributed by atoms with Crippen molar-refractivity contribution < 1.29 is 9.13 Å². The number of ether oxygens (including phenoxy) is 1. The van der Waals surface area contributed by atoms with Gasteiger partial charge in [0.25, 0.3) is 0 Å². The number of rotatable bonds is 5. The first-order valence-corrected chi connectivity index (χ1v) is 6.95. The summed E-state index contributed by atoms with van der Waals surface area (Å²) in [5.74, 6) is 0.757. The molecule has 3 nitrogen and oxygen atoms in total. The quantitative estimate of drug-likeness (QED) is 0.919. The average Bonchev–Trinajstić information content (AvgIpc) is 2.51. The van der Waals surface area contributed by atoms with Gasteiger partial charge in [0.05, 0.1) is 12.8 Å². The lowest BCUT2D eigenvalue weighted by Crippen LogP contribution is -2.33. The Morgan fingerprint density at radius 1 is 1.24 bits per heavy atom. The molecule has 21 heavy (non-hydrogen) atoms. The summed E-state index contributed by atoms with van der Waals surface area (Å²) in [7, 11) is 1.61. The number of nitrogens with zero attached hydrogens (tertiary/aromatic N) is 1. The number of hydrogen-bond donors (Lipinski definition) is 1. The van der Waals surface area contributed by atoms with Crippen molar-refractivity contribution in [1.29, 1.82) is 0 Å². The Morgan fingerprint density at radius 3 is 2.48 bits per heavy atom. The van der Waals surface area contributed by atoms with Gasteiger partial charge in [-0.25, -0.2) is 4.39 Å². The van der Waals surface area contributed by atoms with E-state index in [9.17, 15) is 0 Å². The summed E-state index contributed by atoms with van der Waals surface area (Å²) >= 11 is 0. The molecule has 1 aromatic carbocycles. The molecule has 0 fully saturated rings. The third-order valence-corrected chi connectivity index (χ3v) is 3.81. The van der Waals surface area contributed by atoms with Crippen LogP contribution >= 0.6 is 0 Å². The van der Waals surface area contributed by atoms with Crippen molar-refractivity contribution in [2.75, 3.05) is 13.7 Å². The van der Waals surface area contributed by atoms with Crippen LogP contribution in [0.1, 0.15) is 22.4 Å². The highest BCUT2D eigenvalue weighted by Crippen LogP contribution is 2.32. The zero-order valence-electron chi connectivity index (χ0n) is 12.7. The van der Waals surface area contributed by atoms with Gasteiger partial charge in [-0.3, -0.25) is 4.98 Å². The van der Waals surface area contributed by atoms with E-state index in [1.54, 1.807) is 25.4 Å². The van der Waals surface area contributed by atoms with E-state index in [2.05, 4.69) is 4.98 Å². The van der Waals surface area contributed by atoms with Crippen LogP contribution in [-0.4, -0.2) is 18.6 Å². The normalized spacial score (nSPS) is 13.8. The van der Waals surface area contributed by atoms with Crippen molar-refractivity contribution in [2.24, 2.45) is 5.73 Å². The van der Waals surface area contributed by atoms with Gasteiger partial charge >= 0.3 is 0 Å². The lowest BCUT2D eigenvalue weighted by molar-refractivity contribution is 0.173. The van der Waals surface area contributed by atoms with Gasteiger partial charge in [0.1, 0.15) is 5.75 Å². The second-order valence-corrected chi connectivity index (χ2v) is 5.26. The summed E-state index contributed by atoms with van der Waals surface area (Å²) in [6, 6.07) is 9.00. The highest BCUT2D eigenvalue weighted by Gasteiger charge is 2.32. The van der Waals surface area contributed by atoms with Crippen LogP contribution in [0.2, 0.25) is 0 Å². The number of aryl methyl sites for hydroxylation is 1. The molecule has 0 saturated heterocycles. The average molecular weight is 288 g/mol. The summed E-state index contributed by atoms with van der Waals surface area (Å²) in [6.45, 7) is 3.73. The molecule has 1 atom stereocenters. The largest absolute Gasteiger partial charge is 0.496 e. The van der Waals surface area contributed by atoms with Gasteiger partial charge in [-0.15, -0.1) is 0 Å². The molecule has 2 rings (SSSR count). The highest BCUT2D eigenvalue weighted by atomic mass is 19.1. The Kier molecular flexibility index (Phi) is 4.58. The number of halogens is 1. The van der Waals surface area contributed by atoms with Gasteiger partial charge in [-0.05, 0) is 19.4 Å². The standard InChI is InChI=1S/C17H21FN2O/c1-12-10-20-15(13(2)16(12)21-3)9-17(18,11-19)14-7-5-4-6-8-14/h4-8,10H,9,11,19H2,1-3H3. The maximum atomic E-state index is 15.2. The van der Waals surface area contributed by atoms with Crippen LogP contribution in [-0.2, 0) is 12.1 Å². The van der Waals surface area contributed by atoms with Crippen LogP contribution in [0, 0.1) is 13.8 Å². The molecular formula is C17H21FN2O. The van der Waals surface area contributed by atoms with E-state index in [4.69, 9.17) is 10.5 Å². The van der Waals surface area contributed by atoms with Crippen LogP contribution in [0.4, 0.5) is 4.39 Å². The molecule has 0 aliphatic carbocycles. The van der Waals surface area contributed by atoms with Crippen LogP contribution in [0.25, 0.3) is 0 Å². The summed E-state index contributed by atoms with van der Waals surface area (Å²) in [5, 5.41) is 0. The van der Waals surface area contributed by atoms with Gasteiger partial charge in [-0.1, -0.05) is 30.3 Å². The van der Waals surface area contributed by atoms with Crippen molar-refractivity contribution >= 4 is 0 Å². The number of benzene rings is 1. The molecule has 0 spiro atoms. The number of methoxy groups -OCH3 is 1. The maximum Gasteiger partial charge on any atom is 0.153 e. The summed E-state index contributed by atoms with van der Waals surface area (Å²) in [5.41, 5.74) is 7.14. The molecule has 0 aliphatic heterocycles. The second kappa shape index (κ2) is 6.22. The highest BCUT2D eigenvalue weighted by molar-refractivity contribution is 5.42. The minimum Gasteiger partial charge on any atom is -0.496 e. The van der Waals surface area contributed by atoms with Crippen LogP contribution < -0.4 is 10.5 Å². The lowest BCUT2D eigenvalue weighted by Gasteiger charge is -2.25. The Hall–Kier alpha value is -1.94. The van der Waals surface area contributed by atoms with E-state index in [1.807, 2.05) is 32.0 Å². The molecule has 1 unspecified atom stereocenters. The van der Waals surface area contributed by atoms with Gasteiger partial charge < -0.3 is 10.5 Å². The van der Waals surface area contributed by atoms with E-state index in [-0.39, 0.29) is 13.0 Å². The van der Waals surface area contributed by atoms with Crippen molar-refractivity contribution in [2.45, 2.75) is 25.9 Å². The fourth-order valence-corrected chi connectivity index (χ4v) is 2.54. The molecule has 2 N–H and O–H groups in total. The van der Waals surface area contributed by atoms with Crippen molar-refractivity contribution in [3.63, 3.8) is 0 Å². The minimum atomic E-state index is -1.63. The lowest BCUT2D eigenvalue weighted by atomic mass is 9.89. The first-order valence-electron chi connectivity index (χ1n) is 6.95. The van der Waals surface area contributed by atoms with Crippen molar-refractivity contribution in [3.8, 4) is 5.75 Å².